The van der Waals surface area contributed by atoms with E-state index in [1.54, 1.807) is 18.3 Å². The highest BCUT2D eigenvalue weighted by Gasteiger charge is 2.17. The van der Waals surface area contributed by atoms with Crippen LogP contribution < -0.4 is 5.32 Å². The number of methoxy groups -OCH3 is 1. The van der Waals surface area contributed by atoms with Crippen LogP contribution >= 0.6 is 0 Å². The second-order valence-corrected chi connectivity index (χ2v) is 5.72. The maximum absolute atomic E-state index is 12.3. The van der Waals surface area contributed by atoms with Gasteiger partial charge in [-0.3, -0.25) is 14.4 Å². The van der Waals surface area contributed by atoms with Gasteiger partial charge in [-0.05, 0) is 18.9 Å². The summed E-state index contributed by atoms with van der Waals surface area (Å²) in [6.07, 6.45) is 5.49. The first-order valence-corrected chi connectivity index (χ1v) is 8.10. The fourth-order valence-corrected chi connectivity index (χ4v) is 2.66. The summed E-state index contributed by atoms with van der Waals surface area (Å²) >= 11 is 0. The highest BCUT2D eigenvalue weighted by atomic mass is 16.5. The third-order valence-corrected chi connectivity index (χ3v) is 3.90. The standard InChI is InChI=1S/C19H22N2O4/c1-3-6-13(10-19(24)25-2)9-18(23)21-12-17(22)15-11-20-16-8-5-4-7-14(15)16/h3-8,11,13,20H,9-10,12H2,1-2H3,(H,21,23)/b6-3+. The van der Waals surface area contributed by atoms with Gasteiger partial charge in [-0.15, -0.1) is 0 Å². The number of amides is 1. The molecule has 1 amide bonds. The molecule has 0 spiro atoms. The van der Waals surface area contributed by atoms with Crippen LogP contribution in [-0.2, 0) is 14.3 Å². The lowest BCUT2D eigenvalue weighted by atomic mass is 10.0. The Morgan fingerprint density at radius 2 is 2.00 bits per heavy atom. The highest BCUT2D eigenvalue weighted by molar-refractivity contribution is 6.09. The Morgan fingerprint density at radius 1 is 1.24 bits per heavy atom. The molecule has 0 radical (unpaired) electrons. The van der Waals surface area contributed by atoms with Crippen molar-refractivity contribution in [2.75, 3.05) is 13.7 Å². The topological polar surface area (TPSA) is 88.3 Å². The minimum atomic E-state index is -0.370. The predicted octanol–water partition coefficient (Wildman–Crippen LogP) is 2.61. The van der Waals surface area contributed by atoms with E-state index in [0.717, 1.165) is 10.9 Å². The molecule has 1 atom stereocenters. The van der Waals surface area contributed by atoms with Crippen molar-refractivity contribution in [3.63, 3.8) is 0 Å². The molecule has 1 aromatic carbocycles. The van der Waals surface area contributed by atoms with Crippen LogP contribution in [0.4, 0.5) is 0 Å². The quantitative estimate of drug-likeness (QED) is 0.438. The molecule has 0 saturated heterocycles. The van der Waals surface area contributed by atoms with Gasteiger partial charge in [0.15, 0.2) is 5.78 Å². The first kappa shape index (κ1) is 18.4. The number of para-hydroxylation sites is 1. The number of carbonyl (C=O) groups is 3. The van der Waals surface area contributed by atoms with Gasteiger partial charge >= 0.3 is 5.97 Å². The van der Waals surface area contributed by atoms with E-state index < -0.39 is 0 Å². The first-order valence-electron chi connectivity index (χ1n) is 8.10. The van der Waals surface area contributed by atoms with E-state index in [9.17, 15) is 14.4 Å². The highest BCUT2D eigenvalue weighted by Crippen LogP contribution is 2.18. The van der Waals surface area contributed by atoms with Gasteiger partial charge in [-0.1, -0.05) is 30.4 Å². The van der Waals surface area contributed by atoms with E-state index in [-0.39, 0.29) is 43.0 Å². The van der Waals surface area contributed by atoms with E-state index in [4.69, 9.17) is 0 Å². The number of aromatic amines is 1. The number of esters is 1. The van der Waals surface area contributed by atoms with Crippen LogP contribution in [0.3, 0.4) is 0 Å². The zero-order valence-electron chi connectivity index (χ0n) is 14.4. The summed E-state index contributed by atoms with van der Waals surface area (Å²) in [5.41, 5.74) is 1.43. The molecule has 0 saturated carbocycles. The Balaban J connectivity index is 1.92. The number of ketones is 1. The van der Waals surface area contributed by atoms with Crippen molar-refractivity contribution in [2.24, 2.45) is 5.92 Å². The summed E-state index contributed by atoms with van der Waals surface area (Å²) in [6.45, 7) is 1.74. The lowest BCUT2D eigenvalue weighted by Gasteiger charge is -2.11. The van der Waals surface area contributed by atoms with Crippen LogP contribution in [0.2, 0.25) is 0 Å². The van der Waals surface area contributed by atoms with E-state index >= 15 is 0 Å². The minimum Gasteiger partial charge on any atom is -0.469 e. The summed E-state index contributed by atoms with van der Waals surface area (Å²) in [5.74, 6) is -1.06. The Hall–Kier alpha value is -2.89. The van der Waals surface area contributed by atoms with Crippen LogP contribution in [0.1, 0.15) is 30.1 Å². The molecular formula is C19H22N2O4. The van der Waals surface area contributed by atoms with Crippen LogP contribution in [0.15, 0.2) is 42.6 Å². The van der Waals surface area contributed by atoms with Crippen LogP contribution in [0, 0.1) is 5.92 Å². The molecule has 6 heteroatoms. The van der Waals surface area contributed by atoms with E-state index in [2.05, 4.69) is 15.0 Å². The van der Waals surface area contributed by atoms with E-state index in [1.165, 1.54) is 7.11 Å². The Bertz CT molecular complexity index is 792. The fraction of sp³-hybridized carbons (Fsp3) is 0.316. The molecule has 1 aromatic heterocycles. The molecule has 0 aliphatic heterocycles. The molecule has 2 N–H and O–H groups in total. The molecule has 6 nitrogen and oxygen atoms in total. The number of hydrogen-bond acceptors (Lipinski definition) is 4. The van der Waals surface area contributed by atoms with Crippen molar-refractivity contribution in [2.45, 2.75) is 19.8 Å². The molecule has 132 valence electrons. The van der Waals surface area contributed by atoms with E-state index in [1.807, 2.05) is 31.2 Å². The Kier molecular flexibility index (Phi) is 6.51. The fourth-order valence-electron chi connectivity index (χ4n) is 2.66. The maximum Gasteiger partial charge on any atom is 0.306 e. The number of aromatic nitrogens is 1. The van der Waals surface area contributed by atoms with Crippen molar-refractivity contribution in [3.8, 4) is 0 Å². The van der Waals surface area contributed by atoms with Crippen molar-refractivity contribution in [1.82, 2.24) is 10.3 Å². The smallest absolute Gasteiger partial charge is 0.306 e. The number of nitrogens with one attached hydrogen (secondary N) is 2. The van der Waals surface area contributed by atoms with Crippen molar-refractivity contribution < 1.29 is 19.1 Å². The molecule has 0 bridgehead atoms. The molecule has 0 fully saturated rings. The Labute approximate surface area is 146 Å². The average Bonchev–Trinajstić information content (AvgIpc) is 3.04. The van der Waals surface area contributed by atoms with E-state index in [0.29, 0.717) is 5.56 Å². The van der Waals surface area contributed by atoms with Crippen molar-refractivity contribution in [1.29, 1.82) is 0 Å². The van der Waals surface area contributed by atoms with Gasteiger partial charge in [0.2, 0.25) is 5.91 Å². The summed E-state index contributed by atoms with van der Waals surface area (Å²) in [5, 5.41) is 3.46. The molecule has 1 unspecified atom stereocenters. The summed E-state index contributed by atoms with van der Waals surface area (Å²) < 4.78 is 4.63. The van der Waals surface area contributed by atoms with Gasteiger partial charge in [0, 0.05) is 29.1 Å². The number of allylic oxidation sites excluding steroid dienone is 2. The predicted molar refractivity (Wildman–Crippen MR) is 95.2 cm³/mol. The van der Waals surface area contributed by atoms with Gasteiger partial charge in [0.05, 0.1) is 20.1 Å². The second-order valence-electron chi connectivity index (χ2n) is 5.72. The second kappa shape index (κ2) is 8.82. The molecule has 25 heavy (non-hydrogen) atoms. The van der Waals surface area contributed by atoms with Crippen molar-refractivity contribution >= 4 is 28.6 Å². The normalized spacial score (nSPS) is 12.2. The van der Waals surface area contributed by atoms with Gasteiger partial charge in [-0.25, -0.2) is 0 Å². The van der Waals surface area contributed by atoms with Gasteiger partial charge in [0.1, 0.15) is 0 Å². The lowest BCUT2D eigenvalue weighted by Crippen LogP contribution is -2.31. The summed E-state index contributed by atoms with van der Waals surface area (Å²) in [4.78, 5) is 38.8. The number of Topliss-reactive ketones (excluding diaryl/α,β-unsaturated/α-hetero) is 1. The van der Waals surface area contributed by atoms with Gasteiger partial charge in [0.25, 0.3) is 0 Å². The minimum absolute atomic E-state index is 0.0819. The molecule has 0 aliphatic rings. The third kappa shape index (κ3) is 5.04. The SMILES string of the molecule is C/C=C/C(CC(=O)NCC(=O)c1c[nH]c2ccccc12)CC(=O)OC. The molecule has 2 rings (SSSR count). The number of H-pyrrole nitrogens is 1. The summed E-state index contributed by atoms with van der Waals surface area (Å²) in [6, 6.07) is 7.50. The lowest BCUT2D eigenvalue weighted by molar-refractivity contribution is -0.141. The van der Waals surface area contributed by atoms with Crippen LogP contribution in [0.25, 0.3) is 10.9 Å². The molecule has 2 aromatic rings. The number of ether oxygens (including phenoxy) is 1. The molecule has 0 aliphatic carbocycles. The number of rotatable bonds is 8. The zero-order valence-corrected chi connectivity index (χ0v) is 14.4. The number of hydrogen-bond donors (Lipinski definition) is 2. The maximum atomic E-state index is 12.3. The molecule has 1 heterocycles. The van der Waals surface area contributed by atoms with Gasteiger partial charge < -0.3 is 15.0 Å². The number of carbonyl (C=O) groups excluding carboxylic acids is 3. The summed E-state index contributed by atoms with van der Waals surface area (Å²) in [7, 11) is 1.31. The first-order chi connectivity index (χ1) is 12.0. The monoisotopic (exact) mass is 342 g/mol. The Morgan fingerprint density at radius 3 is 2.72 bits per heavy atom. The van der Waals surface area contributed by atoms with Crippen LogP contribution in [-0.4, -0.2) is 36.3 Å². The number of fused-ring (bicyclic) bond motifs is 1. The van der Waals surface area contributed by atoms with Crippen molar-refractivity contribution in [3.05, 3.63) is 48.2 Å². The third-order valence-electron chi connectivity index (χ3n) is 3.90. The molecular weight excluding hydrogens is 320 g/mol. The average molecular weight is 342 g/mol. The van der Waals surface area contributed by atoms with Gasteiger partial charge in [-0.2, -0.15) is 0 Å². The van der Waals surface area contributed by atoms with Crippen LogP contribution in [0.5, 0.6) is 0 Å². The number of benzene rings is 1. The largest absolute Gasteiger partial charge is 0.469 e. The zero-order chi connectivity index (χ0) is 18.2.